The summed E-state index contributed by atoms with van der Waals surface area (Å²) in [6, 6.07) is 16.2. The molecule has 1 aliphatic heterocycles. The summed E-state index contributed by atoms with van der Waals surface area (Å²) in [5.74, 6) is 1.41. The van der Waals surface area contributed by atoms with Gasteiger partial charge in [0, 0.05) is 40.9 Å². The molecule has 0 spiro atoms. The highest BCUT2D eigenvalue weighted by molar-refractivity contribution is 6.00. The van der Waals surface area contributed by atoms with E-state index in [-0.39, 0.29) is 0 Å². The number of hydrogen-bond donors (Lipinski definition) is 3. The van der Waals surface area contributed by atoms with Crippen LogP contribution in [0.4, 0.5) is 23.5 Å². The van der Waals surface area contributed by atoms with Gasteiger partial charge in [-0.1, -0.05) is 35.9 Å². The number of H-pyrrole nitrogens is 1. The molecule has 0 unspecified atom stereocenters. The molecule has 1 saturated heterocycles. The third-order valence-electron chi connectivity index (χ3n) is 5.53. The molecule has 3 heterocycles. The van der Waals surface area contributed by atoms with Crippen LogP contribution in [-0.2, 0) is 4.74 Å². The zero-order valence-electron chi connectivity index (χ0n) is 18.7. The van der Waals surface area contributed by atoms with Crippen molar-refractivity contribution in [2.45, 2.75) is 13.8 Å². The van der Waals surface area contributed by atoms with Gasteiger partial charge in [0.2, 0.25) is 17.8 Å². The van der Waals surface area contributed by atoms with Gasteiger partial charge < -0.3 is 19.9 Å². The Kier molecular flexibility index (Phi) is 5.86. The predicted molar refractivity (Wildman–Crippen MR) is 132 cm³/mol. The van der Waals surface area contributed by atoms with Crippen molar-refractivity contribution >= 4 is 40.6 Å². The van der Waals surface area contributed by atoms with Crippen LogP contribution in [0.1, 0.15) is 16.8 Å². The van der Waals surface area contributed by atoms with Gasteiger partial charge in [-0.05, 0) is 32.0 Å². The molecule has 1 fully saturated rings. The number of nitrogens with zero attached hydrogens (tertiary/aromatic N) is 5. The van der Waals surface area contributed by atoms with E-state index in [0.717, 1.165) is 40.9 Å². The van der Waals surface area contributed by atoms with Crippen LogP contribution >= 0.6 is 0 Å². The maximum atomic E-state index is 5.47. The first-order chi connectivity index (χ1) is 16.2. The predicted octanol–water partition coefficient (Wildman–Crippen LogP) is 4.00. The molecule has 2 aromatic carbocycles. The first-order valence-corrected chi connectivity index (χ1v) is 10.9. The van der Waals surface area contributed by atoms with E-state index in [1.165, 1.54) is 5.56 Å². The summed E-state index contributed by atoms with van der Waals surface area (Å²) < 4.78 is 5.47. The fourth-order valence-electron chi connectivity index (χ4n) is 3.76. The molecule has 2 aromatic heterocycles. The molecule has 9 heteroatoms. The van der Waals surface area contributed by atoms with Crippen molar-refractivity contribution in [1.29, 1.82) is 0 Å². The van der Waals surface area contributed by atoms with E-state index < -0.39 is 0 Å². The number of aryl methyl sites for hydroxylation is 2. The van der Waals surface area contributed by atoms with Gasteiger partial charge in [0.05, 0.1) is 19.4 Å². The largest absolute Gasteiger partial charge is 0.378 e. The van der Waals surface area contributed by atoms with Gasteiger partial charge in [0.15, 0.2) is 0 Å². The number of aromatic nitrogens is 4. The summed E-state index contributed by atoms with van der Waals surface area (Å²) in [4.78, 5) is 19.2. The summed E-state index contributed by atoms with van der Waals surface area (Å²) in [7, 11) is 0. The minimum Gasteiger partial charge on any atom is -0.378 e. The van der Waals surface area contributed by atoms with Crippen LogP contribution in [0.2, 0.25) is 0 Å². The van der Waals surface area contributed by atoms with Crippen LogP contribution in [-0.4, -0.2) is 52.5 Å². The maximum Gasteiger partial charge on any atom is 0.250 e. The van der Waals surface area contributed by atoms with Crippen molar-refractivity contribution in [3.63, 3.8) is 0 Å². The summed E-state index contributed by atoms with van der Waals surface area (Å²) in [6.45, 7) is 6.83. The molecule has 33 heavy (non-hydrogen) atoms. The SMILES string of the molecule is Cc1ccc(Nc2nc(NN=Cc3c(C)[nH]c4ccccc34)nc(N3CCOCC3)n2)cc1. The third kappa shape index (κ3) is 4.78. The molecule has 3 N–H and O–H groups in total. The standard InChI is InChI=1S/C24H26N8O/c1-16-7-9-18(10-8-16)27-22-28-23(30-24(29-22)32-11-13-33-14-12-32)31-25-15-20-17(2)26-21-6-4-3-5-19(20)21/h3-10,15,26H,11-14H2,1-2H3,(H2,27,28,29,30,31). The molecule has 4 aromatic rings. The molecule has 168 valence electrons. The summed E-state index contributed by atoms with van der Waals surface area (Å²) in [5.41, 5.74) is 8.24. The lowest BCUT2D eigenvalue weighted by molar-refractivity contribution is 0.122. The van der Waals surface area contributed by atoms with Crippen molar-refractivity contribution in [3.05, 3.63) is 65.4 Å². The van der Waals surface area contributed by atoms with E-state index in [1.807, 2.05) is 43.3 Å². The Morgan fingerprint density at radius 2 is 1.73 bits per heavy atom. The number of nitrogens with one attached hydrogen (secondary N) is 3. The number of para-hydroxylation sites is 1. The molecule has 9 nitrogen and oxygen atoms in total. The number of ether oxygens (including phenoxy) is 1. The van der Waals surface area contributed by atoms with Gasteiger partial charge in [-0.25, -0.2) is 5.43 Å². The lowest BCUT2D eigenvalue weighted by atomic mass is 10.1. The number of hydrazone groups is 1. The van der Waals surface area contributed by atoms with Crippen molar-refractivity contribution < 1.29 is 4.74 Å². The average molecular weight is 443 g/mol. The highest BCUT2D eigenvalue weighted by Gasteiger charge is 2.17. The second-order valence-corrected chi connectivity index (χ2v) is 7.95. The van der Waals surface area contributed by atoms with Crippen LogP contribution in [0.3, 0.4) is 0 Å². The fourth-order valence-corrected chi connectivity index (χ4v) is 3.76. The van der Waals surface area contributed by atoms with Gasteiger partial charge in [0.1, 0.15) is 0 Å². The summed E-state index contributed by atoms with van der Waals surface area (Å²) in [6.07, 6.45) is 1.79. The molecule has 0 radical (unpaired) electrons. The normalized spacial score (nSPS) is 14.2. The Morgan fingerprint density at radius 3 is 2.55 bits per heavy atom. The second-order valence-electron chi connectivity index (χ2n) is 7.95. The first kappa shape index (κ1) is 20.9. The minimum absolute atomic E-state index is 0.370. The Labute approximate surface area is 191 Å². The van der Waals surface area contributed by atoms with Crippen LogP contribution in [0.25, 0.3) is 10.9 Å². The highest BCUT2D eigenvalue weighted by Crippen LogP contribution is 2.21. The Hall–Kier alpha value is -3.98. The first-order valence-electron chi connectivity index (χ1n) is 10.9. The smallest absolute Gasteiger partial charge is 0.250 e. The van der Waals surface area contributed by atoms with Crippen molar-refractivity contribution in [3.8, 4) is 0 Å². The van der Waals surface area contributed by atoms with Crippen LogP contribution in [0.15, 0.2) is 53.6 Å². The Balaban J connectivity index is 1.41. The Morgan fingerprint density at radius 1 is 0.970 bits per heavy atom. The third-order valence-corrected chi connectivity index (χ3v) is 5.53. The molecule has 0 aliphatic carbocycles. The van der Waals surface area contributed by atoms with E-state index >= 15 is 0 Å². The summed E-state index contributed by atoms with van der Waals surface area (Å²) >= 11 is 0. The van der Waals surface area contributed by atoms with E-state index in [2.05, 4.69) is 59.7 Å². The molecule has 0 saturated carbocycles. The van der Waals surface area contributed by atoms with Gasteiger partial charge in [0.25, 0.3) is 0 Å². The minimum atomic E-state index is 0.370. The van der Waals surface area contributed by atoms with Crippen LogP contribution in [0, 0.1) is 13.8 Å². The zero-order valence-corrected chi connectivity index (χ0v) is 18.7. The summed E-state index contributed by atoms with van der Waals surface area (Å²) in [5, 5.41) is 8.81. The van der Waals surface area contributed by atoms with Gasteiger partial charge in [-0.15, -0.1) is 0 Å². The average Bonchev–Trinajstić information content (AvgIpc) is 3.16. The molecule has 1 aliphatic rings. The number of aromatic amines is 1. The Bertz CT molecular complexity index is 1280. The molecule has 0 amide bonds. The van der Waals surface area contributed by atoms with E-state index in [1.54, 1.807) is 6.21 Å². The van der Waals surface area contributed by atoms with Crippen molar-refractivity contribution in [2.75, 3.05) is 41.9 Å². The number of fused-ring (bicyclic) bond motifs is 1. The maximum absolute atomic E-state index is 5.47. The second kappa shape index (κ2) is 9.25. The van der Waals surface area contributed by atoms with E-state index in [0.29, 0.717) is 31.1 Å². The number of rotatable bonds is 6. The van der Waals surface area contributed by atoms with E-state index in [9.17, 15) is 0 Å². The lowest BCUT2D eigenvalue weighted by Crippen LogP contribution is -2.37. The number of hydrogen-bond acceptors (Lipinski definition) is 8. The number of benzene rings is 2. The van der Waals surface area contributed by atoms with Gasteiger partial charge in [-0.3, -0.25) is 0 Å². The van der Waals surface area contributed by atoms with Crippen molar-refractivity contribution in [1.82, 2.24) is 19.9 Å². The number of anilines is 4. The monoisotopic (exact) mass is 442 g/mol. The zero-order chi connectivity index (χ0) is 22.6. The quantitative estimate of drug-likeness (QED) is 0.306. The lowest BCUT2D eigenvalue weighted by Gasteiger charge is -2.27. The van der Waals surface area contributed by atoms with Crippen molar-refractivity contribution in [2.24, 2.45) is 5.10 Å². The molecule has 0 atom stereocenters. The van der Waals surface area contributed by atoms with Gasteiger partial charge >= 0.3 is 0 Å². The van der Waals surface area contributed by atoms with Crippen LogP contribution < -0.4 is 15.6 Å². The molecular weight excluding hydrogens is 416 g/mol. The molecule has 0 bridgehead atoms. The van der Waals surface area contributed by atoms with E-state index in [4.69, 9.17) is 4.74 Å². The van der Waals surface area contributed by atoms with Gasteiger partial charge in [-0.2, -0.15) is 20.1 Å². The fraction of sp³-hybridized carbons (Fsp3) is 0.250. The molecule has 5 rings (SSSR count). The van der Waals surface area contributed by atoms with Crippen LogP contribution in [0.5, 0.6) is 0 Å². The molecular formula is C24H26N8O. The topological polar surface area (TPSA) is 103 Å². The number of morpholine rings is 1. The highest BCUT2D eigenvalue weighted by atomic mass is 16.5.